The summed E-state index contributed by atoms with van der Waals surface area (Å²) in [6.45, 7) is 1.01. The van der Waals surface area contributed by atoms with Crippen LogP contribution in [0.2, 0.25) is 5.02 Å². The average molecular weight is 344 g/mol. The molecule has 24 heavy (non-hydrogen) atoms. The predicted octanol–water partition coefficient (Wildman–Crippen LogP) is 2.55. The number of likely N-dealkylation sites (N-methyl/N-ethyl adjacent to an activating group) is 1. The van der Waals surface area contributed by atoms with Crippen LogP contribution in [0.5, 0.6) is 0 Å². The van der Waals surface area contributed by atoms with Crippen LogP contribution < -0.4 is 10.2 Å². The van der Waals surface area contributed by atoms with Crippen LogP contribution in [0.3, 0.4) is 0 Å². The zero-order chi connectivity index (χ0) is 16.9. The van der Waals surface area contributed by atoms with Crippen molar-refractivity contribution in [2.45, 2.75) is 31.8 Å². The van der Waals surface area contributed by atoms with Gasteiger partial charge in [-0.3, -0.25) is 4.79 Å². The molecule has 0 heterocycles. The Morgan fingerprint density at radius 1 is 1.25 bits per heavy atom. The van der Waals surface area contributed by atoms with Gasteiger partial charge in [0.05, 0.1) is 7.05 Å². The number of quaternary nitrogens is 1. The van der Waals surface area contributed by atoms with E-state index in [-0.39, 0.29) is 5.91 Å². The second kappa shape index (κ2) is 7.82. The molecular formula is C20H24ClN2O+. The van der Waals surface area contributed by atoms with Crippen molar-refractivity contribution in [1.29, 1.82) is 0 Å². The molecule has 0 saturated heterocycles. The van der Waals surface area contributed by atoms with Gasteiger partial charge in [0.15, 0.2) is 6.54 Å². The number of halogens is 1. The van der Waals surface area contributed by atoms with Crippen LogP contribution >= 0.6 is 11.6 Å². The summed E-state index contributed by atoms with van der Waals surface area (Å²) in [5.74, 6) is 0.0792. The number of nitrogens with one attached hydrogen (secondary N) is 2. The summed E-state index contributed by atoms with van der Waals surface area (Å²) < 4.78 is 0. The number of hydrogen-bond acceptors (Lipinski definition) is 1. The Morgan fingerprint density at radius 3 is 2.92 bits per heavy atom. The topological polar surface area (TPSA) is 33.5 Å². The lowest BCUT2D eigenvalue weighted by Gasteiger charge is -2.30. The van der Waals surface area contributed by atoms with Gasteiger partial charge < -0.3 is 10.2 Å². The quantitative estimate of drug-likeness (QED) is 0.859. The molecule has 3 nitrogen and oxygen atoms in total. The van der Waals surface area contributed by atoms with Crippen molar-refractivity contribution in [3.8, 4) is 0 Å². The minimum Gasteiger partial charge on any atom is -0.347 e. The highest BCUT2D eigenvalue weighted by molar-refractivity contribution is 6.30. The number of hydrogen-bond donors (Lipinski definition) is 2. The van der Waals surface area contributed by atoms with Gasteiger partial charge >= 0.3 is 0 Å². The molecule has 0 aliphatic heterocycles. The third-order valence-corrected chi connectivity index (χ3v) is 5.02. The number of benzene rings is 2. The summed E-state index contributed by atoms with van der Waals surface area (Å²) in [6.07, 6.45) is 3.49. The number of carbonyl (C=O) groups is 1. The average Bonchev–Trinajstić information content (AvgIpc) is 2.59. The zero-order valence-corrected chi connectivity index (χ0v) is 14.8. The first-order valence-corrected chi connectivity index (χ1v) is 8.92. The molecule has 1 aliphatic rings. The minimum absolute atomic E-state index is 0.0792. The number of rotatable bonds is 5. The van der Waals surface area contributed by atoms with Gasteiger partial charge in [-0.25, -0.2) is 0 Å². The SMILES string of the molecule is C[NH+](CC(=O)NCc1cccc(Cl)c1)[C@H]1CCCc2ccccc21. The fourth-order valence-electron chi connectivity index (χ4n) is 3.55. The van der Waals surface area contributed by atoms with Crippen LogP contribution in [0, 0.1) is 0 Å². The molecule has 2 atom stereocenters. The molecule has 0 saturated carbocycles. The molecule has 1 amide bonds. The van der Waals surface area contributed by atoms with E-state index in [1.165, 1.54) is 22.4 Å². The number of fused-ring (bicyclic) bond motifs is 1. The standard InChI is InChI=1S/C20H23ClN2O/c1-23(19-11-5-8-16-7-2-3-10-18(16)19)14-20(24)22-13-15-6-4-9-17(21)12-15/h2-4,6-7,9-10,12,19H,5,8,11,13-14H2,1H3,(H,22,24)/p+1/t19-/m0/s1. The summed E-state index contributed by atoms with van der Waals surface area (Å²) in [5, 5.41) is 3.70. The molecule has 0 fully saturated rings. The van der Waals surface area contributed by atoms with Crippen LogP contribution in [-0.2, 0) is 17.8 Å². The maximum atomic E-state index is 12.3. The van der Waals surface area contributed by atoms with Crippen LogP contribution in [-0.4, -0.2) is 19.5 Å². The molecule has 3 rings (SSSR count). The highest BCUT2D eigenvalue weighted by Gasteiger charge is 2.27. The predicted molar refractivity (Wildman–Crippen MR) is 97.2 cm³/mol. The van der Waals surface area contributed by atoms with Crippen molar-refractivity contribution < 1.29 is 9.69 Å². The zero-order valence-electron chi connectivity index (χ0n) is 14.0. The highest BCUT2D eigenvalue weighted by Crippen LogP contribution is 2.27. The Kier molecular flexibility index (Phi) is 5.54. The summed E-state index contributed by atoms with van der Waals surface area (Å²) in [5.41, 5.74) is 3.87. The van der Waals surface area contributed by atoms with Crippen molar-refractivity contribution in [1.82, 2.24) is 5.32 Å². The smallest absolute Gasteiger partial charge is 0.275 e. The fraction of sp³-hybridized carbons (Fsp3) is 0.350. The van der Waals surface area contributed by atoms with E-state index in [0.29, 0.717) is 24.2 Å². The van der Waals surface area contributed by atoms with Gasteiger partial charge in [0.1, 0.15) is 6.04 Å². The lowest BCUT2D eigenvalue weighted by atomic mass is 9.87. The molecular weight excluding hydrogens is 320 g/mol. The van der Waals surface area contributed by atoms with Crippen LogP contribution in [0.1, 0.15) is 35.6 Å². The van der Waals surface area contributed by atoms with Crippen molar-refractivity contribution in [3.05, 3.63) is 70.2 Å². The van der Waals surface area contributed by atoms with Gasteiger partial charge in [0, 0.05) is 23.6 Å². The van der Waals surface area contributed by atoms with E-state index in [4.69, 9.17) is 11.6 Å². The molecule has 2 aromatic rings. The Balaban J connectivity index is 1.57. The van der Waals surface area contributed by atoms with Crippen molar-refractivity contribution in [3.63, 3.8) is 0 Å². The lowest BCUT2D eigenvalue weighted by molar-refractivity contribution is -0.905. The number of aryl methyl sites for hydroxylation is 1. The molecule has 0 spiro atoms. The van der Waals surface area contributed by atoms with E-state index in [0.717, 1.165) is 18.4 Å². The second-order valence-electron chi connectivity index (χ2n) is 6.57. The maximum absolute atomic E-state index is 12.3. The minimum atomic E-state index is 0.0792. The molecule has 1 unspecified atom stereocenters. The van der Waals surface area contributed by atoms with E-state index in [9.17, 15) is 4.79 Å². The first-order chi connectivity index (χ1) is 11.6. The van der Waals surface area contributed by atoms with Crippen LogP contribution in [0.15, 0.2) is 48.5 Å². The van der Waals surface area contributed by atoms with Gasteiger partial charge in [-0.05, 0) is 36.1 Å². The first kappa shape index (κ1) is 17.0. The molecule has 2 aromatic carbocycles. The van der Waals surface area contributed by atoms with E-state index in [1.54, 1.807) is 0 Å². The second-order valence-corrected chi connectivity index (χ2v) is 7.01. The Hall–Kier alpha value is -1.84. The van der Waals surface area contributed by atoms with E-state index in [2.05, 4.69) is 36.6 Å². The van der Waals surface area contributed by atoms with Gasteiger partial charge in [-0.2, -0.15) is 0 Å². The van der Waals surface area contributed by atoms with E-state index >= 15 is 0 Å². The molecule has 1 aliphatic carbocycles. The van der Waals surface area contributed by atoms with Gasteiger partial charge in [0.25, 0.3) is 5.91 Å². The normalized spacial score (nSPS) is 17.8. The Bertz CT molecular complexity index is 716. The number of amides is 1. The van der Waals surface area contributed by atoms with E-state index in [1.807, 2.05) is 24.3 Å². The Labute approximate surface area is 148 Å². The molecule has 4 heteroatoms. The maximum Gasteiger partial charge on any atom is 0.275 e. The largest absolute Gasteiger partial charge is 0.347 e. The molecule has 126 valence electrons. The summed E-state index contributed by atoms with van der Waals surface area (Å²) >= 11 is 5.98. The third kappa shape index (κ3) is 4.16. The summed E-state index contributed by atoms with van der Waals surface area (Å²) in [6, 6.07) is 16.6. The lowest BCUT2D eigenvalue weighted by Crippen LogP contribution is -3.10. The summed E-state index contributed by atoms with van der Waals surface area (Å²) in [7, 11) is 2.12. The van der Waals surface area contributed by atoms with Crippen LogP contribution in [0.4, 0.5) is 0 Å². The molecule has 2 N–H and O–H groups in total. The van der Waals surface area contributed by atoms with Crippen molar-refractivity contribution in [2.75, 3.05) is 13.6 Å². The summed E-state index contributed by atoms with van der Waals surface area (Å²) in [4.78, 5) is 13.6. The van der Waals surface area contributed by atoms with Crippen LogP contribution in [0.25, 0.3) is 0 Å². The van der Waals surface area contributed by atoms with Gasteiger partial charge in [-0.15, -0.1) is 0 Å². The Morgan fingerprint density at radius 2 is 2.08 bits per heavy atom. The first-order valence-electron chi connectivity index (χ1n) is 8.55. The highest BCUT2D eigenvalue weighted by atomic mass is 35.5. The van der Waals surface area contributed by atoms with Crippen molar-refractivity contribution >= 4 is 17.5 Å². The number of carbonyl (C=O) groups excluding carboxylic acids is 1. The molecule has 0 radical (unpaired) electrons. The van der Waals surface area contributed by atoms with Crippen molar-refractivity contribution in [2.24, 2.45) is 0 Å². The monoisotopic (exact) mass is 343 g/mol. The van der Waals surface area contributed by atoms with Gasteiger partial charge in [-0.1, -0.05) is 48.0 Å². The van der Waals surface area contributed by atoms with E-state index < -0.39 is 0 Å². The third-order valence-electron chi connectivity index (χ3n) is 4.78. The van der Waals surface area contributed by atoms with Gasteiger partial charge in [0.2, 0.25) is 0 Å². The molecule has 0 bridgehead atoms. The molecule has 0 aromatic heterocycles. The fourth-order valence-corrected chi connectivity index (χ4v) is 3.77.